The zero-order valence-electron chi connectivity index (χ0n) is 17.8. The molecule has 2 aromatic carbocycles. The van der Waals surface area contributed by atoms with Crippen LogP contribution in [0.4, 0.5) is 35.0 Å². The minimum absolute atomic E-state index is 0.281. The lowest BCUT2D eigenvalue weighted by Gasteiger charge is -2.15. The average Bonchev–Trinajstić information content (AvgIpc) is 2.70. The number of rotatable bonds is 8. The fourth-order valence-corrected chi connectivity index (χ4v) is 2.86. The molecule has 0 radical (unpaired) electrons. The predicted octanol–water partition coefficient (Wildman–Crippen LogP) is 5.21. The van der Waals surface area contributed by atoms with Crippen molar-refractivity contribution in [1.29, 1.82) is 0 Å². The van der Waals surface area contributed by atoms with Gasteiger partial charge < -0.3 is 20.3 Å². The standard InChI is InChI=1S/C22H23F4N5O/c1-14-17(23)8-5-9-18(14)28-20-13-19(29-21(30-20)27-10-11-31(2)3)15-6-4-7-16(12-15)32-22(24,25)26/h4-9,12-13H,10-11H2,1-3H3,(H2,27,28,29,30). The van der Waals surface area contributed by atoms with E-state index in [1.54, 1.807) is 31.2 Å². The first-order valence-corrected chi connectivity index (χ1v) is 9.77. The number of alkyl halides is 3. The van der Waals surface area contributed by atoms with Crippen LogP contribution in [0.1, 0.15) is 5.56 Å². The molecular weight excluding hydrogens is 426 g/mol. The molecule has 2 N–H and O–H groups in total. The second-order valence-corrected chi connectivity index (χ2v) is 7.31. The van der Waals surface area contributed by atoms with Crippen molar-refractivity contribution in [1.82, 2.24) is 14.9 Å². The van der Waals surface area contributed by atoms with Crippen molar-refractivity contribution in [3.63, 3.8) is 0 Å². The van der Waals surface area contributed by atoms with Gasteiger partial charge in [0.1, 0.15) is 17.4 Å². The van der Waals surface area contributed by atoms with E-state index in [-0.39, 0.29) is 17.5 Å². The van der Waals surface area contributed by atoms with Crippen molar-refractivity contribution in [3.05, 3.63) is 59.9 Å². The van der Waals surface area contributed by atoms with Crippen LogP contribution >= 0.6 is 0 Å². The predicted molar refractivity (Wildman–Crippen MR) is 116 cm³/mol. The van der Waals surface area contributed by atoms with Crippen molar-refractivity contribution in [3.8, 4) is 17.0 Å². The number of hydrogen-bond acceptors (Lipinski definition) is 6. The summed E-state index contributed by atoms with van der Waals surface area (Å²) in [5.74, 6) is -0.0851. The molecule has 0 spiro atoms. The normalized spacial score (nSPS) is 11.5. The smallest absolute Gasteiger partial charge is 0.406 e. The van der Waals surface area contributed by atoms with Crippen LogP contribution in [0.2, 0.25) is 0 Å². The third-order valence-electron chi connectivity index (χ3n) is 4.46. The second kappa shape index (κ2) is 9.82. The first-order chi connectivity index (χ1) is 15.1. The number of likely N-dealkylation sites (N-methyl/N-ethyl adjacent to an activating group) is 1. The zero-order chi connectivity index (χ0) is 23.3. The Kier molecular flexibility index (Phi) is 7.14. The third kappa shape index (κ3) is 6.55. The second-order valence-electron chi connectivity index (χ2n) is 7.31. The average molecular weight is 449 g/mol. The summed E-state index contributed by atoms with van der Waals surface area (Å²) in [5, 5.41) is 6.16. The molecule has 10 heteroatoms. The fourth-order valence-electron chi connectivity index (χ4n) is 2.86. The van der Waals surface area contributed by atoms with Gasteiger partial charge in [0.05, 0.1) is 5.69 Å². The Morgan fingerprint density at radius 3 is 2.50 bits per heavy atom. The van der Waals surface area contributed by atoms with Gasteiger partial charge in [-0.15, -0.1) is 13.2 Å². The Bertz CT molecular complexity index is 1070. The molecule has 0 saturated heterocycles. The molecule has 0 unspecified atom stereocenters. The first-order valence-electron chi connectivity index (χ1n) is 9.77. The maximum absolute atomic E-state index is 13.9. The van der Waals surface area contributed by atoms with Gasteiger partial charge in [-0.2, -0.15) is 4.98 Å². The van der Waals surface area contributed by atoms with Crippen molar-refractivity contribution >= 4 is 17.5 Å². The van der Waals surface area contributed by atoms with Crippen LogP contribution in [-0.2, 0) is 0 Å². The highest BCUT2D eigenvalue weighted by Crippen LogP contribution is 2.30. The molecule has 32 heavy (non-hydrogen) atoms. The van der Waals surface area contributed by atoms with Gasteiger partial charge in [0.15, 0.2) is 0 Å². The van der Waals surface area contributed by atoms with Crippen LogP contribution < -0.4 is 15.4 Å². The number of ether oxygens (including phenoxy) is 1. The Morgan fingerprint density at radius 1 is 1.03 bits per heavy atom. The Morgan fingerprint density at radius 2 is 1.78 bits per heavy atom. The van der Waals surface area contributed by atoms with Crippen molar-refractivity contribution in [2.45, 2.75) is 13.3 Å². The van der Waals surface area contributed by atoms with Gasteiger partial charge in [-0.25, -0.2) is 9.37 Å². The summed E-state index contributed by atoms with van der Waals surface area (Å²) in [6.07, 6.45) is -4.80. The van der Waals surface area contributed by atoms with Crippen molar-refractivity contribution in [2.24, 2.45) is 0 Å². The summed E-state index contributed by atoms with van der Waals surface area (Å²) >= 11 is 0. The van der Waals surface area contributed by atoms with Gasteiger partial charge in [0, 0.05) is 36.0 Å². The summed E-state index contributed by atoms with van der Waals surface area (Å²) in [7, 11) is 3.84. The van der Waals surface area contributed by atoms with Crippen LogP contribution in [0, 0.1) is 12.7 Å². The summed E-state index contributed by atoms with van der Waals surface area (Å²) in [5.41, 5.74) is 1.71. The summed E-state index contributed by atoms with van der Waals surface area (Å²) in [6, 6.07) is 11.7. The van der Waals surface area contributed by atoms with Crippen LogP contribution in [0.5, 0.6) is 5.75 Å². The molecule has 0 aliphatic heterocycles. The maximum atomic E-state index is 13.9. The van der Waals surface area contributed by atoms with Gasteiger partial charge in [-0.3, -0.25) is 0 Å². The number of hydrogen-bond donors (Lipinski definition) is 2. The van der Waals surface area contributed by atoms with E-state index >= 15 is 0 Å². The van der Waals surface area contributed by atoms with E-state index in [1.165, 1.54) is 24.3 Å². The van der Waals surface area contributed by atoms with Crippen LogP contribution in [0.3, 0.4) is 0 Å². The van der Waals surface area contributed by atoms with Crippen LogP contribution in [0.15, 0.2) is 48.5 Å². The minimum Gasteiger partial charge on any atom is -0.406 e. The number of benzene rings is 2. The summed E-state index contributed by atoms with van der Waals surface area (Å²) in [4.78, 5) is 10.8. The van der Waals surface area contributed by atoms with E-state index in [9.17, 15) is 17.6 Å². The highest BCUT2D eigenvalue weighted by molar-refractivity contribution is 5.69. The lowest BCUT2D eigenvalue weighted by molar-refractivity contribution is -0.274. The maximum Gasteiger partial charge on any atom is 0.573 e. The van der Waals surface area contributed by atoms with Gasteiger partial charge >= 0.3 is 6.36 Å². The molecule has 170 valence electrons. The number of halogens is 4. The van der Waals surface area contributed by atoms with E-state index in [0.29, 0.717) is 41.4 Å². The molecule has 0 amide bonds. The quantitative estimate of drug-likeness (QED) is 0.461. The molecule has 1 heterocycles. The lowest BCUT2D eigenvalue weighted by atomic mass is 10.1. The largest absolute Gasteiger partial charge is 0.573 e. The SMILES string of the molecule is Cc1c(F)cccc1Nc1cc(-c2cccc(OC(F)(F)F)c2)nc(NCCN(C)C)n1. The van der Waals surface area contributed by atoms with Crippen LogP contribution in [-0.4, -0.2) is 48.4 Å². The molecule has 1 aromatic heterocycles. The van der Waals surface area contributed by atoms with E-state index in [1.807, 2.05) is 19.0 Å². The molecule has 0 saturated carbocycles. The number of nitrogens with zero attached hydrogens (tertiary/aromatic N) is 3. The number of aromatic nitrogens is 2. The molecular formula is C22H23F4N5O. The Balaban J connectivity index is 1.96. The van der Waals surface area contributed by atoms with Gasteiger partial charge in [0.2, 0.25) is 5.95 Å². The van der Waals surface area contributed by atoms with Crippen molar-refractivity contribution in [2.75, 3.05) is 37.8 Å². The minimum atomic E-state index is -4.80. The first kappa shape index (κ1) is 23.3. The molecule has 0 fully saturated rings. The molecule has 0 atom stereocenters. The summed E-state index contributed by atoms with van der Waals surface area (Å²) < 4.78 is 55.8. The monoisotopic (exact) mass is 449 g/mol. The third-order valence-corrected chi connectivity index (χ3v) is 4.46. The Labute approximate surface area is 183 Å². The summed E-state index contributed by atoms with van der Waals surface area (Å²) in [6.45, 7) is 2.90. The van der Waals surface area contributed by atoms with Crippen LogP contribution in [0.25, 0.3) is 11.3 Å². The van der Waals surface area contributed by atoms with E-state index in [2.05, 4.69) is 25.3 Å². The lowest BCUT2D eigenvalue weighted by Crippen LogP contribution is -2.21. The fraction of sp³-hybridized carbons (Fsp3) is 0.273. The van der Waals surface area contributed by atoms with E-state index in [0.717, 1.165) is 0 Å². The molecule has 3 rings (SSSR count). The molecule has 0 bridgehead atoms. The van der Waals surface area contributed by atoms with Gasteiger partial charge in [-0.1, -0.05) is 18.2 Å². The topological polar surface area (TPSA) is 62.3 Å². The Hall–Kier alpha value is -3.40. The highest BCUT2D eigenvalue weighted by atomic mass is 19.4. The molecule has 6 nitrogen and oxygen atoms in total. The van der Waals surface area contributed by atoms with E-state index < -0.39 is 6.36 Å². The van der Waals surface area contributed by atoms with Gasteiger partial charge in [0.25, 0.3) is 0 Å². The number of nitrogens with one attached hydrogen (secondary N) is 2. The van der Waals surface area contributed by atoms with Crippen molar-refractivity contribution < 1.29 is 22.3 Å². The molecule has 0 aliphatic rings. The highest BCUT2D eigenvalue weighted by Gasteiger charge is 2.31. The number of anilines is 3. The molecule has 3 aromatic rings. The van der Waals surface area contributed by atoms with Gasteiger partial charge in [-0.05, 0) is 45.3 Å². The zero-order valence-corrected chi connectivity index (χ0v) is 17.8. The van der Waals surface area contributed by atoms with E-state index in [4.69, 9.17) is 0 Å². The molecule has 0 aliphatic carbocycles.